The molecule has 1 heterocycles. The van der Waals surface area contributed by atoms with Crippen molar-refractivity contribution >= 4 is 11.6 Å². The summed E-state index contributed by atoms with van der Waals surface area (Å²) in [7, 11) is 2.02. The molecule has 0 radical (unpaired) electrons. The van der Waals surface area contributed by atoms with Crippen LogP contribution in [0.1, 0.15) is 12.0 Å². The molecule has 24 heavy (non-hydrogen) atoms. The molecule has 2 aromatic rings. The van der Waals surface area contributed by atoms with Gasteiger partial charge in [0.15, 0.2) is 11.5 Å². The lowest BCUT2D eigenvalue weighted by atomic mass is 10.1. The van der Waals surface area contributed by atoms with Crippen molar-refractivity contribution in [3.05, 3.63) is 54.1 Å². The van der Waals surface area contributed by atoms with Gasteiger partial charge in [0.1, 0.15) is 0 Å². The molecule has 1 aliphatic rings. The first kappa shape index (κ1) is 16.2. The van der Waals surface area contributed by atoms with Gasteiger partial charge < -0.3 is 19.7 Å². The van der Waals surface area contributed by atoms with Gasteiger partial charge in [-0.1, -0.05) is 24.3 Å². The molecule has 0 aromatic heterocycles. The van der Waals surface area contributed by atoms with E-state index < -0.39 is 0 Å². The Balaban J connectivity index is 1.38. The number of para-hydroxylation sites is 1. The number of aryl methyl sites for hydroxylation is 1. The summed E-state index contributed by atoms with van der Waals surface area (Å²) >= 11 is 0. The Labute approximate surface area is 142 Å². The molecule has 2 aromatic carbocycles. The summed E-state index contributed by atoms with van der Waals surface area (Å²) in [5.74, 6) is 1.60. The molecule has 0 saturated heterocycles. The summed E-state index contributed by atoms with van der Waals surface area (Å²) < 4.78 is 10.6. The molecular formula is C19H22N2O3. The monoisotopic (exact) mass is 326 g/mol. The molecule has 0 aliphatic carbocycles. The minimum Gasteiger partial charge on any atom is -0.454 e. The second-order valence-electron chi connectivity index (χ2n) is 5.79. The summed E-state index contributed by atoms with van der Waals surface area (Å²) in [4.78, 5) is 14.1. The summed E-state index contributed by atoms with van der Waals surface area (Å²) in [6.45, 7) is 1.68. The zero-order chi connectivity index (χ0) is 16.8. The van der Waals surface area contributed by atoms with E-state index >= 15 is 0 Å². The van der Waals surface area contributed by atoms with Crippen LogP contribution in [0.4, 0.5) is 5.69 Å². The predicted octanol–water partition coefficient (Wildman–Crippen LogP) is 2.60. The Kier molecular flexibility index (Phi) is 5.21. The number of amides is 1. The number of carbonyl (C=O) groups excluding carboxylic acids is 1. The third-order valence-corrected chi connectivity index (χ3v) is 4.04. The van der Waals surface area contributed by atoms with Crippen LogP contribution in [-0.4, -0.2) is 32.8 Å². The molecule has 0 fully saturated rings. The van der Waals surface area contributed by atoms with E-state index in [1.54, 1.807) is 0 Å². The maximum atomic E-state index is 12.0. The Morgan fingerprint density at radius 1 is 1.12 bits per heavy atom. The van der Waals surface area contributed by atoms with Crippen molar-refractivity contribution in [3.63, 3.8) is 0 Å². The average molecular weight is 326 g/mol. The topological polar surface area (TPSA) is 50.8 Å². The zero-order valence-corrected chi connectivity index (χ0v) is 13.8. The quantitative estimate of drug-likeness (QED) is 0.850. The highest BCUT2D eigenvalue weighted by Gasteiger charge is 2.13. The standard InChI is InChI=1S/C19H22N2O3/c1-21(16-5-3-2-4-6-16)12-11-20-19(22)10-8-15-7-9-17-18(13-15)24-14-23-17/h2-7,9,13H,8,10-12,14H2,1H3,(H,20,22). The molecule has 1 aliphatic heterocycles. The van der Waals surface area contributed by atoms with Crippen LogP contribution in [0.15, 0.2) is 48.5 Å². The minimum absolute atomic E-state index is 0.0640. The van der Waals surface area contributed by atoms with Crippen LogP contribution in [0.25, 0.3) is 0 Å². The summed E-state index contributed by atoms with van der Waals surface area (Å²) in [6.07, 6.45) is 1.16. The summed E-state index contributed by atoms with van der Waals surface area (Å²) in [6, 6.07) is 15.9. The van der Waals surface area contributed by atoms with E-state index in [2.05, 4.69) is 22.3 Å². The van der Waals surface area contributed by atoms with Crippen LogP contribution in [0.5, 0.6) is 11.5 Å². The maximum absolute atomic E-state index is 12.0. The minimum atomic E-state index is 0.0640. The number of likely N-dealkylation sites (N-methyl/N-ethyl adjacent to an activating group) is 1. The fraction of sp³-hybridized carbons (Fsp3) is 0.316. The number of benzene rings is 2. The Hall–Kier alpha value is -2.69. The maximum Gasteiger partial charge on any atom is 0.231 e. The van der Waals surface area contributed by atoms with Crippen LogP contribution < -0.4 is 19.7 Å². The molecule has 0 spiro atoms. The van der Waals surface area contributed by atoms with E-state index in [0.717, 1.165) is 29.3 Å². The van der Waals surface area contributed by atoms with Gasteiger partial charge in [0, 0.05) is 32.2 Å². The highest BCUT2D eigenvalue weighted by molar-refractivity contribution is 5.76. The molecule has 0 unspecified atom stereocenters. The molecule has 5 heteroatoms. The molecular weight excluding hydrogens is 304 g/mol. The Morgan fingerprint density at radius 2 is 1.92 bits per heavy atom. The van der Waals surface area contributed by atoms with Gasteiger partial charge in [0.05, 0.1) is 0 Å². The van der Waals surface area contributed by atoms with E-state index in [1.165, 1.54) is 0 Å². The number of anilines is 1. The van der Waals surface area contributed by atoms with Crippen molar-refractivity contribution in [1.29, 1.82) is 0 Å². The molecule has 5 nitrogen and oxygen atoms in total. The normalized spacial score (nSPS) is 12.0. The van der Waals surface area contributed by atoms with Gasteiger partial charge in [0.25, 0.3) is 0 Å². The van der Waals surface area contributed by atoms with Crippen LogP contribution in [0, 0.1) is 0 Å². The van der Waals surface area contributed by atoms with Crippen LogP contribution >= 0.6 is 0 Å². The second kappa shape index (κ2) is 7.73. The highest BCUT2D eigenvalue weighted by Crippen LogP contribution is 2.32. The molecule has 0 atom stereocenters. The van der Waals surface area contributed by atoms with Gasteiger partial charge >= 0.3 is 0 Å². The first-order chi connectivity index (χ1) is 11.7. The van der Waals surface area contributed by atoms with E-state index in [0.29, 0.717) is 19.4 Å². The number of carbonyl (C=O) groups is 1. The number of nitrogens with zero attached hydrogens (tertiary/aromatic N) is 1. The second-order valence-corrected chi connectivity index (χ2v) is 5.79. The lowest BCUT2D eigenvalue weighted by molar-refractivity contribution is -0.120. The van der Waals surface area contributed by atoms with Gasteiger partial charge in [-0.3, -0.25) is 4.79 Å². The number of fused-ring (bicyclic) bond motifs is 1. The van der Waals surface area contributed by atoms with Gasteiger partial charge in [0.2, 0.25) is 12.7 Å². The van der Waals surface area contributed by atoms with E-state index in [1.807, 2.05) is 43.4 Å². The molecule has 1 amide bonds. The van der Waals surface area contributed by atoms with Crippen LogP contribution in [0.2, 0.25) is 0 Å². The van der Waals surface area contributed by atoms with Crippen molar-refractivity contribution in [2.24, 2.45) is 0 Å². The zero-order valence-electron chi connectivity index (χ0n) is 13.8. The average Bonchev–Trinajstić information content (AvgIpc) is 3.08. The van der Waals surface area contributed by atoms with E-state index in [-0.39, 0.29) is 12.7 Å². The smallest absolute Gasteiger partial charge is 0.231 e. The number of ether oxygens (including phenoxy) is 2. The van der Waals surface area contributed by atoms with E-state index in [9.17, 15) is 4.79 Å². The molecule has 0 bridgehead atoms. The van der Waals surface area contributed by atoms with Crippen molar-refractivity contribution in [1.82, 2.24) is 5.32 Å². The lowest BCUT2D eigenvalue weighted by Crippen LogP contribution is -2.33. The molecule has 3 rings (SSSR count). The number of hydrogen-bond acceptors (Lipinski definition) is 4. The Morgan fingerprint density at radius 3 is 2.75 bits per heavy atom. The fourth-order valence-corrected chi connectivity index (χ4v) is 2.62. The van der Waals surface area contributed by atoms with Crippen molar-refractivity contribution < 1.29 is 14.3 Å². The Bertz CT molecular complexity index is 688. The molecule has 126 valence electrons. The first-order valence-corrected chi connectivity index (χ1v) is 8.14. The lowest BCUT2D eigenvalue weighted by Gasteiger charge is -2.19. The van der Waals surface area contributed by atoms with E-state index in [4.69, 9.17) is 9.47 Å². The number of nitrogens with one attached hydrogen (secondary N) is 1. The predicted molar refractivity (Wildman–Crippen MR) is 93.6 cm³/mol. The van der Waals surface area contributed by atoms with Gasteiger partial charge in [-0.05, 0) is 36.2 Å². The van der Waals surface area contributed by atoms with Gasteiger partial charge in [-0.2, -0.15) is 0 Å². The summed E-state index contributed by atoms with van der Waals surface area (Å²) in [5, 5.41) is 2.97. The number of hydrogen-bond donors (Lipinski definition) is 1. The van der Waals surface area contributed by atoms with Gasteiger partial charge in [-0.15, -0.1) is 0 Å². The first-order valence-electron chi connectivity index (χ1n) is 8.14. The van der Waals surface area contributed by atoms with Crippen molar-refractivity contribution in [3.8, 4) is 11.5 Å². The van der Waals surface area contributed by atoms with Crippen molar-refractivity contribution in [2.75, 3.05) is 31.8 Å². The molecule has 0 saturated carbocycles. The van der Waals surface area contributed by atoms with Crippen LogP contribution in [-0.2, 0) is 11.2 Å². The highest BCUT2D eigenvalue weighted by atomic mass is 16.7. The summed E-state index contributed by atoms with van der Waals surface area (Å²) in [5.41, 5.74) is 2.22. The SMILES string of the molecule is CN(CCNC(=O)CCc1ccc2c(c1)OCO2)c1ccccc1. The molecule has 1 N–H and O–H groups in total. The third kappa shape index (κ3) is 4.19. The third-order valence-electron chi connectivity index (χ3n) is 4.04. The fourth-order valence-electron chi connectivity index (χ4n) is 2.62. The largest absolute Gasteiger partial charge is 0.454 e. The van der Waals surface area contributed by atoms with Gasteiger partial charge in [-0.25, -0.2) is 0 Å². The van der Waals surface area contributed by atoms with Crippen molar-refractivity contribution in [2.45, 2.75) is 12.8 Å². The van der Waals surface area contributed by atoms with Crippen LogP contribution in [0.3, 0.4) is 0 Å². The number of rotatable bonds is 7.